The molecule has 4 heteroatoms. The molecule has 0 unspecified atom stereocenters. The second-order valence-electron chi connectivity index (χ2n) is 2.36. The second kappa shape index (κ2) is 5.97. The third-order valence-electron chi connectivity index (χ3n) is 1.45. The van der Waals surface area contributed by atoms with Crippen LogP contribution in [0.15, 0.2) is 4.99 Å². The van der Waals surface area contributed by atoms with Crippen molar-refractivity contribution in [1.29, 1.82) is 0 Å². The Morgan fingerprint density at radius 2 is 2.18 bits per heavy atom. The predicted octanol–water partition coefficient (Wildman–Crippen LogP) is 0.167. The number of rotatable bonds is 3. The van der Waals surface area contributed by atoms with Crippen molar-refractivity contribution in [2.24, 2.45) is 10.8 Å². The molecule has 0 aromatic heterocycles. The fourth-order valence-electron chi connectivity index (χ4n) is 0.644. The van der Waals surface area contributed by atoms with Gasteiger partial charge in [0.05, 0.1) is 0 Å². The van der Waals surface area contributed by atoms with Crippen molar-refractivity contribution in [2.45, 2.75) is 20.3 Å². The minimum atomic E-state index is 0.759. The van der Waals surface area contributed by atoms with Crippen molar-refractivity contribution in [3.05, 3.63) is 0 Å². The highest BCUT2D eigenvalue weighted by molar-refractivity contribution is 5.78. The Morgan fingerprint density at radius 1 is 1.55 bits per heavy atom. The quantitative estimate of drug-likeness (QED) is 0.266. The molecule has 0 saturated carbocycles. The van der Waals surface area contributed by atoms with Gasteiger partial charge in [-0.25, -0.2) is 5.84 Å². The van der Waals surface area contributed by atoms with Crippen LogP contribution in [0.1, 0.15) is 20.3 Å². The first-order valence-electron chi connectivity index (χ1n) is 3.98. The minimum absolute atomic E-state index is 0.759. The fraction of sp³-hybridized carbons (Fsp3) is 0.857. The second-order valence-corrected chi connectivity index (χ2v) is 2.36. The van der Waals surface area contributed by atoms with Gasteiger partial charge >= 0.3 is 0 Å². The van der Waals surface area contributed by atoms with Crippen molar-refractivity contribution >= 4 is 5.96 Å². The Bertz CT molecular complexity index is 122. The molecular weight excluding hydrogens is 140 g/mol. The molecule has 0 saturated heterocycles. The van der Waals surface area contributed by atoms with Gasteiger partial charge in [0.2, 0.25) is 5.96 Å². The van der Waals surface area contributed by atoms with Crippen LogP contribution in [-0.2, 0) is 0 Å². The van der Waals surface area contributed by atoms with Crippen LogP contribution in [0, 0.1) is 0 Å². The Balaban J connectivity index is 3.91. The summed E-state index contributed by atoms with van der Waals surface area (Å²) in [4.78, 5) is 6.21. The van der Waals surface area contributed by atoms with Crippen molar-refractivity contribution in [2.75, 3.05) is 20.1 Å². The van der Waals surface area contributed by atoms with Crippen molar-refractivity contribution in [3.63, 3.8) is 0 Å². The standard InChI is InChI=1S/C7H18N4/c1-4-6-9-7(10-8)11(3)5-2/h4-6,8H2,1-3H3,(H,9,10). The van der Waals surface area contributed by atoms with Gasteiger partial charge in [0.1, 0.15) is 0 Å². The summed E-state index contributed by atoms with van der Waals surface area (Å²) < 4.78 is 0. The average molecular weight is 158 g/mol. The molecule has 0 bridgehead atoms. The minimum Gasteiger partial charge on any atom is -0.345 e. The molecule has 0 amide bonds. The third-order valence-corrected chi connectivity index (χ3v) is 1.45. The van der Waals surface area contributed by atoms with E-state index >= 15 is 0 Å². The largest absolute Gasteiger partial charge is 0.345 e. The molecule has 0 spiro atoms. The van der Waals surface area contributed by atoms with E-state index in [0.717, 1.165) is 25.5 Å². The maximum Gasteiger partial charge on any atom is 0.208 e. The fourth-order valence-corrected chi connectivity index (χ4v) is 0.644. The van der Waals surface area contributed by atoms with Crippen LogP contribution in [0.2, 0.25) is 0 Å². The van der Waals surface area contributed by atoms with Crippen molar-refractivity contribution in [1.82, 2.24) is 10.3 Å². The van der Waals surface area contributed by atoms with E-state index in [1.807, 2.05) is 11.9 Å². The van der Waals surface area contributed by atoms with Crippen LogP contribution in [0.5, 0.6) is 0 Å². The number of hydrogen-bond acceptors (Lipinski definition) is 2. The summed E-state index contributed by atoms with van der Waals surface area (Å²) in [6, 6.07) is 0. The maximum absolute atomic E-state index is 5.27. The van der Waals surface area contributed by atoms with Gasteiger partial charge in [0.25, 0.3) is 0 Å². The monoisotopic (exact) mass is 158 g/mol. The topological polar surface area (TPSA) is 53.6 Å². The summed E-state index contributed by atoms with van der Waals surface area (Å²) in [5.74, 6) is 6.03. The van der Waals surface area contributed by atoms with E-state index in [0.29, 0.717) is 0 Å². The Morgan fingerprint density at radius 3 is 2.55 bits per heavy atom. The Hall–Kier alpha value is -0.770. The van der Waals surface area contributed by atoms with Gasteiger partial charge in [-0.2, -0.15) is 0 Å². The molecule has 3 N–H and O–H groups in total. The van der Waals surface area contributed by atoms with E-state index in [4.69, 9.17) is 5.84 Å². The van der Waals surface area contributed by atoms with E-state index in [2.05, 4.69) is 24.3 Å². The van der Waals surface area contributed by atoms with Gasteiger partial charge in [-0.05, 0) is 13.3 Å². The number of aliphatic imine (C=N–C) groups is 1. The highest BCUT2D eigenvalue weighted by Crippen LogP contribution is 1.85. The number of hydrogen-bond donors (Lipinski definition) is 2. The average Bonchev–Trinajstić information content (AvgIpc) is 2.05. The molecule has 0 aliphatic heterocycles. The molecule has 66 valence electrons. The van der Waals surface area contributed by atoms with Gasteiger partial charge in [0, 0.05) is 20.1 Å². The zero-order chi connectivity index (χ0) is 8.69. The molecule has 0 radical (unpaired) electrons. The van der Waals surface area contributed by atoms with Crippen LogP contribution >= 0.6 is 0 Å². The molecule has 0 atom stereocenters. The van der Waals surface area contributed by atoms with Crippen molar-refractivity contribution < 1.29 is 0 Å². The highest BCUT2D eigenvalue weighted by atomic mass is 15.4. The Labute approximate surface area is 68.4 Å². The van der Waals surface area contributed by atoms with Crippen LogP contribution in [0.3, 0.4) is 0 Å². The van der Waals surface area contributed by atoms with E-state index in [9.17, 15) is 0 Å². The summed E-state index contributed by atoms with van der Waals surface area (Å²) in [5.41, 5.74) is 2.56. The molecule has 0 fully saturated rings. The number of nitrogens with zero attached hydrogens (tertiary/aromatic N) is 2. The summed E-state index contributed by atoms with van der Waals surface area (Å²) in [6.07, 6.45) is 1.04. The maximum atomic E-state index is 5.27. The molecule has 0 aliphatic rings. The van der Waals surface area contributed by atoms with E-state index in [-0.39, 0.29) is 0 Å². The first-order valence-corrected chi connectivity index (χ1v) is 3.98. The van der Waals surface area contributed by atoms with Crippen LogP contribution in [0.25, 0.3) is 0 Å². The summed E-state index contributed by atoms with van der Waals surface area (Å²) in [7, 11) is 1.95. The highest BCUT2D eigenvalue weighted by Gasteiger charge is 1.99. The van der Waals surface area contributed by atoms with E-state index < -0.39 is 0 Å². The van der Waals surface area contributed by atoms with Gasteiger partial charge in [-0.3, -0.25) is 10.4 Å². The van der Waals surface area contributed by atoms with Gasteiger partial charge in [-0.1, -0.05) is 6.92 Å². The van der Waals surface area contributed by atoms with Crippen LogP contribution in [-0.4, -0.2) is 31.0 Å². The lowest BCUT2D eigenvalue weighted by Crippen LogP contribution is -2.42. The Kier molecular flexibility index (Phi) is 5.56. The first kappa shape index (κ1) is 10.2. The first-order chi connectivity index (χ1) is 5.26. The molecule has 0 rings (SSSR count). The van der Waals surface area contributed by atoms with Crippen molar-refractivity contribution in [3.8, 4) is 0 Å². The third kappa shape index (κ3) is 3.83. The number of hydrazine groups is 1. The summed E-state index contributed by atoms with van der Waals surface area (Å²) in [6.45, 7) is 5.87. The van der Waals surface area contributed by atoms with Crippen LogP contribution in [0.4, 0.5) is 0 Å². The van der Waals surface area contributed by atoms with E-state index in [1.165, 1.54) is 0 Å². The number of guanidine groups is 1. The zero-order valence-corrected chi connectivity index (χ0v) is 7.59. The summed E-state index contributed by atoms with van der Waals surface area (Å²) in [5, 5.41) is 0. The van der Waals surface area contributed by atoms with Crippen LogP contribution < -0.4 is 11.3 Å². The molecule has 0 aromatic carbocycles. The molecule has 0 aliphatic carbocycles. The van der Waals surface area contributed by atoms with Gasteiger partial charge in [-0.15, -0.1) is 0 Å². The zero-order valence-electron chi connectivity index (χ0n) is 7.59. The lowest BCUT2D eigenvalue weighted by atomic mass is 10.5. The van der Waals surface area contributed by atoms with E-state index in [1.54, 1.807) is 0 Å². The lowest BCUT2D eigenvalue weighted by Gasteiger charge is -2.17. The predicted molar refractivity (Wildman–Crippen MR) is 48.2 cm³/mol. The molecular formula is C7H18N4. The lowest BCUT2D eigenvalue weighted by molar-refractivity contribution is 0.508. The summed E-state index contributed by atoms with van der Waals surface area (Å²) >= 11 is 0. The smallest absolute Gasteiger partial charge is 0.208 e. The molecule has 0 aromatic rings. The van der Waals surface area contributed by atoms with Gasteiger partial charge < -0.3 is 4.90 Å². The molecule has 11 heavy (non-hydrogen) atoms. The molecule has 0 heterocycles. The van der Waals surface area contributed by atoms with Gasteiger partial charge in [0.15, 0.2) is 0 Å². The normalized spacial score (nSPS) is 11.5. The molecule has 4 nitrogen and oxygen atoms in total. The number of nitrogens with one attached hydrogen (secondary N) is 1. The number of nitrogens with two attached hydrogens (primary N) is 1. The SMILES string of the molecule is CCCN=C(NN)N(C)CC.